The van der Waals surface area contributed by atoms with Gasteiger partial charge in [0.05, 0.1) is 16.7 Å². The molecule has 10 aromatic carbocycles. The Labute approximate surface area is 343 Å². The van der Waals surface area contributed by atoms with E-state index < -0.39 is 0 Å². The van der Waals surface area contributed by atoms with Gasteiger partial charge in [0.1, 0.15) is 0 Å². The van der Waals surface area contributed by atoms with Crippen molar-refractivity contribution in [1.82, 2.24) is 4.57 Å². The molecule has 12 rings (SSSR count). The maximum Gasteiger partial charge on any atom is 0.0546 e. The number of para-hydroxylation sites is 2. The molecular formula is C57H40N2. The Hall–Kier alpha value is -7.42. The lowest BCUT2D eigenvalue weighted by Gasteiger charge is -2.30. The molecular weight excluding hydrogens is 713 g/mol. The van der Waals surface area contributed by atoms with E-state index in [-0.39, 0.29) is 5.41 Å². The van der Waals surface area contributed by atoms with Crippen LogP contribution < -0.4 is 4.90 Å². The summed E-state index contributed by atoms with van der Waals surface area (Å²) in [7, 11) is 0. The van der Waals surface area contributed by atoms with Crippen molar-refractivity contribution in [3.63, 3.8) is 0 Å². The molecule has 2 heteroatoms. The molecule has 0 atom stereocenters. The van der Waals surface area contributed by atoms with Crippen LogP contribution in [0.15, 0.2) is 206 Å². The largest absolute Gasteiger partial charge is 0.310 e. The fourth-order valence-electron chi connectivity index (χ4n) is 10.0. The Bertz CT molecular complexity index is 3480. The van der Waals surface area contributed by atoms with Crippen LogP contribution in [0.3, 0.4) is 0 Å². The summed E-state index contributed by atoms with van der Waals surface area (Å²) in [5.41, 5.74) is 14.6. The Morgan fingerprint density at radius 2 is 0.983 bits per heavy atom. The Morgan fingerprint density at radius 3 is 1.80 bits per heavy atom. The number of hydrogen-bond acceptors (Lipinski definition) is 1. The van der Waals surface area contributed by atoms with E-state index in [1.165, 1.54) is 87.5 Å². The summed E-state index contributed by atoms with van der Waals surface area (Å²) >= 11 is 0. The normalized spacial score (nSPS) is 13.1. The predicted octanol–water partition coefficient (Wildman–Crippen LogP) is 15.7. The van der Waals surface area contributed by atoms with Crippen molar-refractivity contribution < 1.29 is 0 Å². The van der Waals surface area contributed by atoms with Gasteiger partial charge in [-0.25, -0.2) is 0 Å². The van der Waals surface area contributed by atoms with Crippen molar-refractivity contribution in [1.29, 1.82) is 0 Å². The summed E-state index contributed by atoms with van der Waals surface area (Å²) in [6, 6.07) is 76.4. The molecule has 1 heterocycles. The van der Waals surface area contributed by atoms with Crippen LogP contribution in [-0.4, -0.2) is 4.57 Å². The molecule has 0 N–H and O–H groups in total. The first-order chi connectivity index (χ1) is 29.0. The highest BCUT2D eigenvalue weighted by molar-refractivity contribution is 6.12. The first-order valence-electron chi connectivity index (χ1n) is 20.6. The minimum absolute atomic E-state index is 0.130. The standard InChI is InChI=1S/C57H40N2/c1-57(2)51-29-27-44(35-49(51)48-33-40-17-8-9-18-41(40)34-52(48)57)58(45-28-31-54-50(36-45)47-22-12-13-23-53(47)59(54)43-19-4-3-5-20-43)55-30-26-38-15-10-11-21-46(38)56(55)42-25-24-37-14-6-7-16-39(37)32-42/h3-36H,1-2H3. The van der Waals surface area contributed by atoms with Crippen molar-refractivity contribution in [3.8, 4) is 27.9 Å². The van der Waals surface area contributed by atoms with Crippen molar-refractivity contribution in [3.05, 3.63) is 217 Å². The fraction of sp³-hybridized carbons (Fsp3) is 0.0526. The van der Waals surface area contributed by atoms with Gasteiger partial charge in [0.25, 0.3) is 0 Å². The number of nitrogens with zero attached hydrogens (tertiary/aromatic N) is 2. The minimum atomic E-state index is -0.130. The van der Waals surface area contributed by atoms with E-state index in [4.69, 9.17) is 0 Å². The summed E-state index contributed by atoms with van der Waals surface area (Å²) in [4.78, 5) is 2.51. The molecule has 1 aromatic heterocycles. The van der Waals surface area contributed by atoms with Crippen LogP contribution in [-0.2, 0) is 5.41 Å². The van der Waals surface area contributed by atoms with Crippen LogP contribution in [0.2, 0.25) is 0 Å². The van der Waals surface area contributed by atoms with Gasteiger partial charge in [0, 0.05) is 38.8 Å². The molecule has 278 valence electrons. The molecule has 0 spiro atoms. The quantitative estimate of drug-likeness (QED) is 0.170. The Kier molecular flexibility index (Phi) is 7.31. The average Bonchev–Trinajstić information content (AvgIpc) is 3.73. The van der Waals surface area contributed by atoms with E-state index in [9.17, 15) is 0 Å². The zero-order valence-corrected chi connectivity index (χ0v) is 33.0. The van der Waals surface area contributed by atoms with E-state index in [1.54, 1.807) is 0 Å². The zero-order chi connectivity index (χ0) is 39.2. The van der Waals surface area contributed by atoms with Gasteiger partial charge >= 0.3 is 0 Å². The average molecular weight is 753 g/mol. The Balaban J connectivity index is 1.16. The lowest BCUT2D eigenvalue weighted by Crippen LogP contribution is -2.15. The van der Waals surface area contributed by atoms with Crippen LogP contribution in [0.1, 0.15) is 25.0 Å². The van der Waals surface area contributed by atoms with Gasteiger partial charge in [0.2, 0.25) is 0 Å². The predicted molar refractivity (Wildman–Crippen MR) is 251 cm³/mol. The molecule has 0 amide bonds. The number of hydrogen-bond donors (Lipinski definition) is 0. The summed E-state index contributed by atoms with van der Waals surface area (Å²) < 4.78 is 2.40. The summed E-state index contributed by atoms with van der Waals surface area (Å²) in [6.45, 7) is 4.75. The van der Waals surface area contributed by atoms with Crippen LogP contribution in [0.25, 0.3) is 82.1 Å². The number of aromatic nitrogens is 1. The highest BCUT2D eigenvalue weighted by atomic mass is 15.1. The second-order valence-electron chi connectivity index (χ2n) is 16.6. The molecule has 2 nitrogen and oxygen atoms in total. The van der Waals surface area contributed by atoms with Crippen LogP contribution in [0.5, 0.6) is 0 Å². The molecule has 0 aliphatic heterocycles. The first kappa shape index (κ1) is 33.7. The molecule has 0 bridgehead atoms. The lowest BCUT2D eigenvalue weighted by atomic mass is 9.82. The van der Waals surface area contributed by atoms with Crippen LogP contribution >= 0.6 is 0 Å². The molecule has 59 heavy (non-hydrogen) atoms. The topological polar surface area (TPSA) is 8.17 Å². The smallest absolute Gasteiger partial charge is 0.0546 e. The first-order valence-corrected chi connectivity index (χ1v) is 20.6. The van der Waals surface area contributed by atoms with Crippen molar-refractivity contribution in [2.24, 2.45) is 0 Å². The Morgan fingerprint density at radius 1 is 0.390 bits per heavy atom. The van der Waals surface area contributed by atoms with E-state index in [2.05, 4.69) is 230 Å². The number of fused-ring (bicyclic) bond motifs is 9. The molecule has 0 radical (unpaired) electrons. The molecule has 1 aliphatic rings. The van der Waals surface area contributed by atoms with Crippen molar-refractivity contribution in [2.45, 2.75) is 19.3 Å². The van der Waals surface area contributed by atoms with E-state index in [0.717, 1.165) is 22.7 Å². The lowest BCUT2D eigenvalue weighted by molar-refractivity contribution is 0.661. The van der Waals surface area contributed by atoms with Gasteiger partial charge in [0.15, 0.2) is 0 Å². The van der Waals surface area contributed by atoms with Gasteiger partial charge in [-0.1, -0.05) is 147 Å². The molecule has 0 fully saturated rings. The number of benzene rings is 10. The van der Waals surface area contributed by atoms with Crippen molar-refractivity contribution in [2.75, 3.05) is 4.90 Å². The van der Waals surface area contributed by atoms with Crippen molar-refractivity contribution >= 4 is 71.2 Å². The molecule has 0 saturated heterocycles. The second kappa shape index (κ2) is 12.8. The maximum absolute atomic E-state index is 2.51. The van der Waals surface area contributed by atoms with Gasteiger partial charge in [-0.2, -0.15) is 0 Å². The SMILES string of the molecule is CC1(C)c2ccc(N(c3ccc4c(c3)c3ccccc3n4-c3ccccc3)c3ccc4ccccc4c3-c3ccc4ccccc4c3)cc2-c2cc3ccccc3cc21. The van der Waals surface area contributed by atoms with Gasteiger partial charge in [-0.05, 0) is 133 Å². The zero-order valence-electron chi connectivity index (χ0n) is 33.0. The van der Waals surface area contributed by atoms with Gasteiger partial charge in [-0.3, -0.25) is 0 Å². The molecule has 1 aliphatic carbocycles. The van der Waals surface area contributed by atoms with E-state index >= 15 is 0 Å². The third-order valence-corrected chi connectivity index (χ3v) is 12.9. The third kappa shape index (κ3) is 5.13. The molecule has 11 aromatic rings. The second-order valence-corrected chi connectivity index (χ2v) is 16.6. The van der Waals surface area contributed by atoms with Gasteiger partial charge < -0.3 is 9.47 Å². The molecule has 0 unspecified atom stereocenters. The number of rotatable bonds is 5. The van der Waals surface area contributed by atoms with Crippen LogP contribution in [0.4, 0.5) is 17.1 Å². The highest BCUT2D eigenvalue weighted by Crippen LogP contribution is 2.53. The van der Waals surface area contributed by atoms with E-state index in [0.29, 0.717) is 0 Å². The third-order valence-electron chi connectivity index (χ3n) is 12.9. The summed E-state index contributed by atoms with van der Waals surface area (Å²) in [6.07, 6.45) is 0. The summed E-state index contributed by atoms with van der Waals surface area (Å²) in [5, 5.41) is 9.93. The minimum Gasteiger partial charge on any atom is -0.310 e. The van der Waals surface area contributed by atoms with Crippen LogP contribution in [0, 0.1) is 0 Å². The summed E-state index contributed by atoms with van der Waals surface area (Å²) in [5.74, 6) is 0. The number of anilines is 3. The van der Waals surface area contributed by atoms with E-state index in [1.807, 2.05) is 0 Å². The fourth-order valence-corrected chi connectivity index (χ4v) is 10.0. The monoisotopic (exact) mass is 752 g/mol. The maximum atomic E-state index is 2.51. The molecule has 0 saturated carbocycles. The van der Waals surface area contributed by atoms with Gasteiger partial charge in [-0.15, -0.1) is 0 Å². The highest BCUT2D eigenvalue weighted by Gasteiger charge is 2.36.